The number of anilines is 1. The van der Waals surface area contributed by atoms with Crippen LogP contribution in [0.1, 0.15) is 18.3 Å². The average Bonchev–Trinajstić information content (AvgIpc) is 2.80. The maximum Gasteiger partial charge on any atom is 0.279 e. The summed E-state index contributed by atoms with van der Waals surface area (Å²) >= 11 is 0. The van der Waals surface area contributed by atoms with E-state index in [1.807, 2.05) is 19.9 Å². The summed E-state index contributed by atoms with van der Waals surface area (Å²) in [7, 11) is -3.69. The van der Waals surface area contributed by atoms with E-state index in [-0.39, 0.29) is 5.03 Å². The van der Waals surface area contributed by atoms with Crippen LogP contribution >= 0.6 is 0 Å². The number of benzene rings is 1. The Hall–Kier alpha value is -2.02. The summed E-state index contributed by atoms with van der Waals surface area (Å²) in [5.41, 5.74) is 1.40. The summed E-state index contributed by atoms with van der Waals surface area (Å²) in [5, 5.41) is 0.0259. The molecule has 6 nitrogen and oxygen atoms in total. The summed E-state index contributed by atoms with van der Waals surface area (Å²) in [6.45, 7) is 5.91. The molecule has 0 aliphatic carbocycles. The normalized spacial score (nSPS) is 11.3. The van der Waals surface area contributed by atoms with E-state index >= 15 is 0 Å². The Morgan fingerprint density at radius 1 is 1.35 bits per heavy atom. The van der Waals surface area contributed by atoms with Gasteiger partial charge in [0, 0.05) is 0 Å². The molecule has 0 aliphatic rings. The number of aromatic amines is 1. The molecule has 0 spiro atoms. The third kappa shape index (κ3) is 3.11. The van der Waals surface area contributed by atoms with E-state index in [9.17, 15) is 8.42 Å². The van der Waals surface area contributed by atoms with Crippen molar-refractivity contribution in [1.82, 2.24) is 9.97 Å². The van der Waals surface area contributed by atoms with Crippen LogP contribution in [0.2, 0.25) is 0 Å². The molecule has 2 aromatic rings. The van der Waals surface area contributed by atoms with Gasteiger partial charge in [-0.3, -0.25) is 4.72 Å². The number of imidazole rings is 1. The maximum atomic E-state index is 12.2. The minimum atomic E-state index is -3.69. The fourth-order valence-electron chi connectivity index (χ4n) is 1.72. The quantitative estimate of drug-likeness (QED) is 0.886. The molecule has 0 fully saturated rings. The van der Waals surface area contributed by atoms with Crippen molar-refractivity contribution < 1.29 is 13.2 Å². The molecule has 0 bridgehead atoms. The van der Waals surface area contributed by atoms with Gasteiger partial charge in [0.1, 0.15) is 11.6 Å². The summed E-state index contributed by atoms with van der Waals surface area (Å²) in [6, 6.07) is 5.29. The van der Waals surface area contributed by atoms with Crippen molar-refractivity contribution in [2.45, 2.75) is 25.8 Å². The van der Waals surface area contributed by atoms with Gasteiger partial charge in [0.2, 0.25) is 0 Å². The standard InChI is InChI=1S/C13H17N3O3S/c1-4-19-12-7-9(2)5-6-11(12)16-20(17,18)13-8-14-10(3)15-13/h5-8,16H,4H2,1-3H3,(H,14,15). The van der Waals surface area contributed by atoms with Gasteiger partial charge in [-0.15, -0.1) is 0 Å². The van der Waals surface area contributed by atoms with E-state index in [0.29, 0.717) is 23.9 Å². The van der Waals surface area contributed by atoms with Crippen molar-refractivity contribution in [1.29, 1.82) is 0 Å². The predicted octanol–water partition coefficient (Wildman–Crippen LogP) is 2.23. The summed E-state index contributed by atoms with van der Waals surface area (Å²) in [4.78, 5) is 6.59. The highest BCUT2D eigenvalue weighted by molar-refractivity contribution is 7.92. The summed E-state index contributed by atoms with van der Waals surface area (Å²) in [5.74, 6) is 1.05. The van der Waals surface area contributed by atoms with Crippen molar-refractivity contribution in [2.75, 3.05) is 11.3 Å². The molecule has 0 saturated carbocycles. The van der Waals surface area contributed by atoms with E-state index < -0.39 is 10.0 Å². The number of rotatable bonds is 5. The van der Waals surface area contributed by atoms with Gasteiger partial charge in [-0.1, -0.05) is 6.07 Å². The van der Waals surface area contributed by atoms with Crippen LogP contribution in [0.15, 0.2) is 29.4 Å². The minimum Gasteiger partial charge on any atom is -0.492 e. The highest BCUT2D eigenvalue weighted by Gasteiger charge is 2.18. The molecule has 1 heterocycles. The van der Waals surface area contributed by atoms with Gasteiger partial charge >= 0.3 is 0 Å². The van der Waals surface area contributed by atoms with Crippen LogP contribution in [0.4, 0.5) is 5.69 Å². The Labute approximate surface area is 118 Å². The molecule has 0 saturated heterocycles. The van der Waals surface area contributed by atoms with Gasteiger partial charge in [0.05, 0.1) is 18.5 Å². The Morgan fingerprint density at radius 3 is 2.70 bits per heavy atom. The highest BCUT2D eigenvalue weighted by Crippen LogP contribution is 2.27. The molecule has 2 rings (SSSR count). The molecule has 0 amide bonds. The first-order valence-corrected chi connectivity index (χ1v) is 7.68. The van der Waals surface area contributed by atoms with E-state index in [2.05, 4.69) is 14.7 Å². The number of nitrogens with one attached hydrogen (secondary N) is 2. The largest absolute Gasteiger partial charge is 0.492 e. The molecular formula is C13H17N3O3S. The average molecular weight is 295 g/mol. The maximum absolute atomic E-state index is 12.2. The lowest BCUT2D eigenvalue weighted by molar-refractivity contribution is 0.342. The van der Waals surface area contributed by atoms with Crippen molar-refractivity contribution in [3.8, 4) is 5.75 Å². The molecule has 2 N–H and O–H groups in total. The van der Waals surface area contributed by atoms with Gasteiger partial charge < -0.3 is 9.72 Å². The zero-order valence-electron chi connectivity index (χ0n) is 11.6. The first kappa shape index (κ1) is 14.4. The molecule has 20 heavy (non-hydrogen) atoms. The molecule has 1 aromatic carbocycles. The lowest BCUT2D eigenvalue weighted by atomic mass is 10.2. The second kappa shape index (κ2) is 5.54. The first-order chi connectivity index (χ1) is 9.42. The van der Waals surface area contributed by atoms with Crippen molar-refractivity contribution in [3.05, 3.63) is 35.8 Å². The third-order valence-electron chi connectivity index (χ3n) is 2.65. The molecule has 7 heteroatoms. The van der Waals surface area contributed by atoms with E-state index in [4.69, 9.17) is 4.74 Å². The fourth-order valence-corrected chi connectivity index (χ4v) is 2.77. The van der Waals surface area contributed by atoms with Crippen LogP contribution in [-0.4, -0.2) is 25.0 Å². The van der Waals surface area contributed by atoms with Crippen LogP contribution < -0.4 is 9.46 Å². The molecule has 108 valence electrons. The lowest BCUT2D eigenvalue weighted by Crippen LogP contribution is -2.14. The van der Waals surface area contributed by atoms with Gasteiger partial charge in [-0.25, -0.2) is 4.98 Å². The third-order valence-corrected chi connectivity index (χ3v) is 3.93. The Balaban J connectivity index is 2.34. The monoisotopic (exact) mass is 295 g/mol. The molecule has 0 aliphatic heterocycles. The number of hydrogen-bond acceptors (Lipinski definition) is 4. The molecule has 0 unspecified atom stereocenters. The Morgan fingerprint density at radius 2 is 2.10 bits per heavy atom. The fraction of sp³-hybridized carbons (Fsp3) is 0.308. The number of aromatic nitrogens is 2. The van der Waals surface area contributed by atoms with Crippen LogP contribution in [0.5, 0.6) is 5.75 Å². The molecule has 0 atom stereocenters. The number of nitrogens with zero attached hydrogens (tertiary/aromatic N) is 1. The summed E-state index contributed by atoms with van der Waals surface area (Å²) in [6.07, 6.45) is 1.28. The number of aryl methyl sites for hydroxylation is 2. The van der Waals surface area contributed by atoms with Crippen LogP contribution in [0, 0.1) is 13.8 Å². The van der Waals surface area contributed by atoms with Gasteiger partial charge in [-0.2, -0.15) is 8.42 Å². The van der Waals surface area contributed by atoms with Gasteiger partial charge in [0.25, 0.3) is 10.0 Å². The number of ether oxygens (including phenoxy) is 1. The number of sulfonamides is 1. The van der Waals surface area contributed by atoms with Crippen LogP contribution in [-0.2, 0) is 10.0 Å². The predicted molar refractivity (Wildman–Crippen MR) is 76.5 cm³/mol. The molecular weight excluding hydrogens is 278 g/mol. The van der Waals surface area contributed by atoms with E-state index in [1.165, 1.54) is 6.20 Å². The molecule has 1 aromatic heterocycles. The lowest BCUT2D eigenvalue weighted by Gasteiger charge is -2.12. The van der Waals surface area contributed by atoms with E-state index in [0.717, 1.165) is 5.56 Å². The van der Waals surface area contributed by atoms with E-state index in [1.54, 1.807) is 19.1 Å². The second-order valence-electron chi connectivity index (χ2n) is 4.37. The van der Waals surface area contributed by atoms with Crippen molar-refractivity contribution in [3.63, 3.8) is 0 Å². The molecule has 0 radical (unpaired) electrons. The topological polar surface area (TPSA) is 84.1 Å². The zero-order chi connectivity index (χ0) is 14.8. The zero-order valence-corrected chi connectivity index (χ0v) is 12.4. The number of H-pyrrole nitrogens is 1. The second-order valence-corrected chi connectivity index (χ2v) is 6.02. The Kier molecular flexibility index (Phi) is 3.99. The SMILES string of the molecule is CCOc1cc(C)ccc1NS(=O)(=O)c1cnc(C)[nH]1. The van der Waals surface area contributed by atoms with Crippen LogP contribution in [0.25, 0.3) is 0 Å². The van der Waals surface area contributed by atoms with Gasteiger partial charge in [0.15, 0.2) is 5.03 Å². The minimum absolute atomic E-state index is 0.0259. The van der Waals surface area contributed by atoms with Crippen molar-refractivity contribution in [2.24, 2.45) is 0 Å². The van der Waals surface area contributed by atoms with Crippen molar-refractivity contribution >= 4 is 15.7 Å². The van der Waals surface area contributed by atoms with Crippen LogP contribution in [0.3, 0.4) is 0 Å². The smallest absolute Gasteiger partial charge is 0.279 e. The summed E-state index contributed by atoms with van der Waals surface area (Å²) < 4.78 is 32.4. The highest BCUT2D eigenvalue weighted by atomic mass is 32.2. The van der Waals surface area contributed by atoms with Gasteiger partial charge in [-0.05, 0) is 38.5 Å². The first-order valence-electron chi connectivity index (χ1n) is 6.20. The Bertz CT molecular complexity index is 707. The number of hydrogen-bond donors (Lipinski definition) is 2.